The summed E-state index contributed by atoms with van der Waals surface area (Å²) >= 11 is 8.54. The fraction of sp³-hybridized carbons (Fsp3) is 0.105. The first-order valence-corrected chi connectivity index (χ1v) is 10.1. The van der Waals surface area contributed by atoms with Gasteiger partial charge in [0.1, 0.15) is 10.6 Å². The number of aromatic nitrogens is 1. The molecule has 0 radical (unpaired) electrons. The van der Waals surface area contributed by atoms with E-state index in [4.69, 9.17) is 16.3 Å². The van der Waals surface area contributed by atoms with Crippen molar-refractivity contribution in [3.05, 3.63) is 64.6 Å². The van der Waals surface area contributed by atoms with Crippen LogP contribution in [0.25, 0.3) is 11.1 Å². The first-order chi connectivity index (χ1) is 13.1. The number of pyridine rings is 1. The lowest BCUT2D eigenvalue weighted by Crippen LogP contribution is -2.16. The number of carbonyl (C=O) groups excluding carboxylic acids is 2. The van der Waals surface area contributed by atoms with E-state index in [0.29, 0.717) is 21.2 Å². The number of halogens is 1. The van der Waals surface area contributed by atoms with Crippen LogP contribution in [-0.4, -0.2) is 29.7 Å². The Kier molecular flexibility index (Phi) is 6.49. The smallest absolute Gasteiger partial charge is 0.341 e. The third kappa shape index (κ3) is 4.88. The highest BCUT2D eigenvalue weighted by molar-refractivity contribution is 7.99. The molecule has 0 saturated carbocycles. The number of thiophene rings is 1. The minimum Gasteiger partial charge on any atom is -0.465 e. The summed E-state index contributed by atoms with van der Waals surface area (Å²) in [6.45, 7) is 0. The van der Waals surface area contributed by atoms with Crippen molar-refractivity contribution < 1.29 is 14.3 Å². The minimum absolute atomic E-state index is 0.186. The zero-order chi connectivity index (χ0) is 19.2. The Morgan fingerprint density at radius 1 is 1.22 bits per heavy atom. The fourth-order valence-corrected chi connectivity index (χ4v) is 4.09. The van der Waals surface area contributed by atoms with Crippen molar-refractivity contribution in [1.29, 1.82) is 0 Å². The molecule has 0 atom stereocenters. The second kappa shape index (κ2) is 9.03. The molecule has 2 heterocycles. The van der Waals surface area contributed by atoms with Crippen molar-refractivity contribution in [2.75, 3.05) is 18.2 Å². The van der Waals surface area contributed by atoms with Crippen molar-refractivity contribution in [3.8, 4) is 11.1 Å². The van der Waals surface area contributed by atoms with Gasteiger partial charge >= 0.3 is 5.97 Å². The number of hydrogen-bond donors (Lipinski definition) is 1. The molecule has 3 aromatic rings. The molecule has 0 aliphatic rings. The summed E-state index contributed by atoms with van der Waals surface area (Å²) in [5, 5.41) is 6.44. The van der Waals surface area contributed by atoms with E-state index in [9.17, 15) is 9.59 Å². The van der Waals surface area contributed by atoms with Gasteiger partial charge in [-0.15, -0.1) is 11.3 Å². The van der Waals surface area contributed by atoms with Gasteiger partial charge in [0.05, 0.1) is 17.9 Å². The Morgan fingerprint density at radius 2 is 2.00 bits per heavy atom. The third-order valence-electron chi connectivity index (χ3n) is 3.58. The van der Waals surface area contributed by atoms with Crippen LogP contribution in [0.4, 0.5) is 5.00 Å². The predicted molar refractivity (Wildman–Crippen MR) is 110 cm³/mol. The number of nitrogens with zero attached hydrogens (tertiary/aromatic N) is 1. The van der Waals surface area contributed by atoms with Crippen molar-refractivity contribution in [1.82, 2.24) is 4.98 Å². The first-order valence-electron chi connectivity index (χ1n) is 7.88. The topological polar surface area (TPSA) is 68.3 Å². The molecule has 0 saturated heterocycles. The lowest BCUT2D eigenvalue weighted by atomic mass is 10.0. The fourth-order valence-electron chi connectivity index (χ4n) is 2.33. The molecule has 1 amide bonds. The summed E-state index contributed by atoms with van der Waals surface area (Å²) in [4.78, 5) is 28.8. The van der Waals surface area contributed by atoms with E-state index in [1.54, 1.807) is 18.3 Å². The second-order valence-electron chi connectivity index (χ2n) is 5.36. The molecule has 8 heteroatoms. The molecule has 2 aromatic heterocycles. The highest BCUT2D eigenvalue weighted by Gasteiger charge is 2.22. The van der Waals surface area contributed by atoms with Crippen molar-refractivity contribution in [3.63, 3.8) is 0 Å². The highest BCUT2D eigenvalue weighted by Crippen LogP contribution is 2.36. The minimum atomic E-state index is -0.506. The summed E-state index contributed by atoms with van der Waals surface area (Å²) in [6, 6.07) is 12.6. The first kappa shape index (κ1) is 19.4. The van der Waals surface area contributed by atoms with Crippen molar-refractivity contribution in [2.45, 2.75) is 5.03 Å². The molecular formula is C19H15ClN2O3S2. The standard InChI is InChI=1S/C19H15ClN2O3S2/c1-25-19(24)17-14(12-5-7-13(20)8-6-12)10-27-18(17)22-15(23)11-26-16-4-2-3-9-21-16/h2-10H,11H2,1H3,(H,22,23). The molecule has 0 bridgehead atoms. The molecule has 0 aliphatic heterocycles. The van der Waals surface area contributed by atoms with E-state index in [1.165, 1.54) is 30.2 Å². The number of rotatable bonds is 6. The average Bonchev–Trinajstić information content (AvgIpc) is 3.10. The Morgan fingerprint density at radius 3 is 2.67 bits per heavy atom. The average molecular weight is 419 g/mol. The lowest BCUT2D eigenvalue weighted by Gasteiger charge is -2.08. The van der Waals surface area contributed by atoms with Crippen LogP contribution >= 0.6 is 34.7 Å². The maximum Gasteiger partial charge on any atom is 0.341 e. The molecule has 5 nitrogen and oxygen atoms in total. The van der Waals surface area contributed by atoms with Gasteiger partial charge in [-0.05, 0) is 29.8 Å². The molecule has 138 valence electrons. The second-order valence-corrected chi connectivity index (χ2v) is 7.67. The van der Waals surface area contributed by atoms with Gasteiger partial charge in [-0.3, -0.25) is 4.79 Å². The van der Waals surface area contributed by atoms with Crippen molar-refractivity contribution >= 4 is 51.6 Å². The Hall–Kier alpha value is -2.35. The molecular weight excluding hydrogens is 404 g/mol. The summed E-state index contributed by atoms with van der Waals surface area (Å²) in [6.07, 6.45) is 1.67. The van der Waals surface area contributed by atoms with Crippen LogP contribution in [0.3, 0.4) is 0 Å². The van der Waals surface area contributed by atoms with E-state index >= 15 is 0 Å². The molecule has 0 spiro atoms. The monoisotopic (exact) mass is 418 g/mol. The zero-order valence-corrected chi connectivity index (χ0v) is 16.7. The number of anilines is 1. The van der Waals surface area contributed by atoms with Crippen LogP contribution in [0.2, 0.25) is 5.02 Å². The molecule has 1 N–H and O–H groups in total. The van der Waals surface area contributed by atoms with Gasteiger partial charge in [-0.1, -0.05) is 41.6 Å². The highest BCUT2D eigenvalue weighted by atomic mass is 35.5. The van der Waals surface area contributed by atoms with Gasteiger partial charge in [-0.2, -0.15) is 0 Å². The number of ether oxygens (including phenoxy) is 1. The predicted octanol–water partition coefficient (Wildman–Crippen LogP) is 4.98. The van der Waals surface area contributed by atoms with Gasteiger partial charge in [-0.25, -0.2) is 9.78 Å². The summed E-state index contributed by atoms with van der Waals surface area (Å²) < 4.78 is 4.91. The number of amides is 1. The third-order valence-corrected chi connectivity index (χ3v) is 5.67. The van der Waals surface area contributed by atoms with E-state index in [1.807, 2.05) is 35.7 Å². The quantitative estimate of drug-likeness (QED) is 0.451. The number of carbonyl (C=O) groups is 2. The molecule has 1 aromatic carbocycles. The van der Waals surface area contributed by atoms with Gasteiger partial charge in [0, 0.05) is 22.2 Å². The Balaban J connectivity index is 1.79. The van der Waals surface area contributed by atoms with Gasteiger partial charge < -0.3 is 10.1 Å². The molecule has 27 heavy (non-hydrogen) atoms. The molecule has 0 aliphatic carbocycles. The van der Waals surface area contributed by atoms with Crippen LogP contribution in [0.1, 0.15) is 10.4 Å². The van der Waals surface area contributed by atoms with Crippen LogP contribution in [0.5, 0.6) is 0 Å². The van der Waals surface area contributed by atoms with E-state index < -0.39 is 5.97 Å². The Labute approximate surface area is 169 Å². The number of benzene rings is 1. The van der Waals surface area contributed by atoms with Gasteiger partial charge in [0.2, 0.25) is 5.91 Å². The van der Waals surface area contributed by atoms with E-state index in [0.717, 1.165) is 10.6 Å². The SMILES string of the molecule is COC(=O)c1c(-c2ccc(Cl)cc2)csc1NC(=O)CSc1ccccn1. The van der Waals surface area contributed by atoms with Crippen LogP contribution in [0, 0.1) is 0 Å². The normalized spacial score (nSPS) is 10.4. The van der Waals surface area contributed by atoms with Crippen molar-refractivity contribution in [2.24, 2.45) is 0 Å². The van der Waals surface area contributed by atoms with Crippen LogP contribution in [-0.2, 0) is 9.53 Å². The number of nitrogens with one attached hydrogen (secondary N) is 1. The van der Waals surface area contributed by atoms with Crippen LogP contribution < -0.4 is 5.32 Å². The zero-order valence-electron chi connectivity index (χ0n) is 14.3. The number of thioether (sulfide) groups is 1. The summed E-state index contributed by atoms with van der Waals surface area (Å²) in [5.74, 6) is -0.541. The van der Waals surface area contributed by atoms with Gasteiger partial charge in [0.15, 0.2) is 0 Å². The largest absolute Gasteiger partial charge is 0.465 e. The molecule has 3 rings (SSSR count). The maximum atomic E-state index is 12.3. The van der Waals surface area contributed by atoms with Crippen LogP contribution in [0.15, 0.2) is 59.1 Å². The number of hydrogen-bond acceptors (Lipinski definition) is 6. The van der Waals surface area contributed by atoms with E-state index in [2.05, 4.69) is 10.3 Å². The number of methoxy groups -OCH3 is 1. The summed E-state index contributed by atoms with van der Waals surface area (Å²) in [5.41, 5.74) is 1.84. The lowest BCUT2D eigenvalue weighted by molar-refractivity contribution is -0.113. The maximum absolute atomic E-state index is 12.3. The van der Waals surface area contributed by atoms with Gasteiger partial charge in [0.25, 0.3) is 0 Å². The van der Waals surface area contributed by atoms with E-state index in [-0.39, 0.29) is 11.7 Å². The Bertz CT molecular complexity index is 943. The molecule has 0 fully saturated rings. The summed E-state index contributed by atoms with van der Waals surface area (Å²) in [7, 11) is 1.31. The molecule has 0 unspecified atom stereocenters. The number of esters is 1.